The lowest BCUT2D eigenvalue weighted by Gasteiger charge is -2.17. The van der Waals surface area contributed by atoms with Crippen molar-refractivity contribution >= 4 is 22.5 Å². The number of halogens is 3. The molecule has 3 rings (SSSR count). The fourth-order valence-electron chi connectivity index (χ4n) is 3.36. The predicted octanol–water partition coefficient (Wildman–Crippen LogP) is 7.98. The lowest BCUT2D eigenvalue weighted by atomic mass is 10.00. The molecule has 0 fully saturated rings. The van der Waals surface area contributed by atoms with Gasteiger partial charge in [-0.1, -0.05) is 52.3 Å². The van der Waals surface area contributed by atoms with E-state index in [-0.39, 0.29) is 17.4 Å². The van der Waals surface area contributed by atoms with Gasteiger partial charge < -0.3 is 4.74 Å². The van der Waals surface area contributed by atoms with Gasteiger partial charge in [-0.05, 0) is 48.1 Å². The van der Waals surface area contributed by atoms with Crippen LogP contribution in [0.1, 0.15) is 53.0 Å². The highest BCUT2D eigenvalue weighted by Gasteiger charge is 2.19. The maximum Gasteiger partial charge on any atom is 0.269 e. The van der Waals surface area contributed by atoms with Crippen LogP contribution in [0.4, 0.5) is 8.78 Å². The number of aromatic nitrogens is 2. The van der Waals surface area contributed by atoms with Crippen LogP contribution < -0.4 is 4.74 Å². The topological polar surface area (TPSA) is 35.0 Å². The quantitative estimate of drug-likeness (QED) is 0.378. The van der Waals surface area contributed by atoms with Gasteiger partial charge in [0.05, 0.1) is 17.7 Å². The average Bonchev–Trinajstić information content (AvgIpc) is 2.72. The summed E-state index contributed by atoms with van der Waals surface area (Å²) in [6.07, 6.45) is 1.49. The van der Waals surface area contributed by atoms with E-state index in [1.54, 1.807) is 30.6 Å². The molecule has 0 bridgehead atoms. The van der Waals surface area contributed by atoms with Gasteiger partial charge in [0.1, 0.15) is 0 Å². The van der Waals surface area contributed by atoms with Gasteiger partial charge in [-0.2, -0.15) is 0 Å². The average molecular weight is 435 g/mol. The molecular weight excluding hydrogens is 406 g/mol. The molecule has 3 aromatic rings. The largest absolute Gasteiger partial charge is 0.477 e. The van der Waals surface area contributed by atoms with E-state index in [9.17, 15) is 8.78 Å². The lowest BCUT2D eigenvalue weighted by molar-refractivity contribution is 0.140. The Kier molecular flexibility index (Phi) is 8.97. The molecule has 2 heterocycles. The number of rotatable bonds is 7. The van der Waals surface area contributed by atoms with Crippen molar-refractivity contribution in [3.63, 3.8) is 0 Å². The van der Waals surface area contributed by atoms with Crippen molar-refractivity contribution < 1.29 is 13.5 Å². The summed E-state index contributed by atoms with van der Waals surface area (Å²) in [7, 11) is 0. The van der Waals surface area contributed by atoms with Crippen LogP contribution in [-0.4, -0.2) is 16.6 Å². The molecule has 0 aliphatic rings. The van der Waals surface area contributed by atoms with Gasteiger partial charge in [0.15, 0.2) is 0 Å². The Balaban J connectivity index is 0.00000155. The zero-order valence-corrected chi connectivity index (χ0v) is 18.9. The highest BCUT2D eigenvalue weighted by Crippen LogP contribution is 2.34. The molecule has 0 saturated heterocycles. The molecule has 0 aliphatic heterocycles. The monoisotopic (exact) mass is 434 g/mol. The lowest BCUT2D eigenvalue weighted by Crippen LogP contribution is -2.12. The predicted molar refractivity (Wildman–Crippen MR) is 120 cm³/mol. The first kappa shape index (κ1) is 24.0. The second-order valence-electron chi connectivity index (χ2n) is 7.48. The third kappa shape index (κ3) is 6.11. The molecule has 0 radical (unpaired) electrons. The summed E-state index contributed by atoms with van der Waals surface area (Å²) in [4.78, 5) is 8.50. The first-order valence-electron chi connectivity index (χ1n) is 10.3. The fraction of sp³-hybridized carbons (Fsp3) is 0.417. The van der Waals surface area contributed by atoms with Crippen LogP contribution in [0.2, 0.25) is 5.02 Å². The number of benzene rings is 1. The van der Waals surface area contributed by atoms with Crippen LogP contribution >= 0.6 is 11.6 Å². The van der Waals surface area contributed by atoms with E-state index >= 15 is 0 Å². The van der Waals surface area contributed by atoms with Crippen molar-refractivity contribution in [3.8, 4) is 17.0 Å². The van der Waals surface area contributed by atoms with Crippen molar-refractivity contribution in [2.45, 2.75) is 47.5 Å². The Labute approximate surface area is 182 Å². The number of pyridine rings is 2. The molecule has 1 atom stereocenters. The van der Waals surface area contributed by atoms with Gasteiger partial charge in [-0.25, -0.2) is 13.8 Å². The van der Waals surface area contributed by atoms with Crippen LogP contribution in [0, 0.1) is 11.8 Å². The van der Waals surface area contributed by atoms with Crippen molar-refractivity contribution in [2.75, 3.05) is 6.61 Å². The normalized spacial score (nSPS) is 12.1. The zero-order valence-electron chi connectivity index (χ0n) is 18.1. The Morgan fingerprint density at radius 2 is 1.77 bits per heavy atom. The van der Waals surface area contributed by atoms with Gasteiger partial charge in [-0.3, -0.25) is 4.98 Å². The molecule has 0 spiro atoms. The Morgan fingerprint density at radius 3 is 2.43 bits per heavy atom. The van der Waals surface area contributed by atoms with Gasteiger partial charge in [0.2, 0.25) is 5.88 Å². The summed E-state index contributed by atoms with van der Waals surface area (Å²) in [5.74, 6) is 0.786. The molecule has 6 heteroatoms. The highest BCUT2D eigenvalue weighted by atomic mass is 35.5. The zero-order chi connectivity index (χ0) is 22.3. The smallest absolute Gasteiger partial charge is 0.269 e. The van der Waals surface area contributed by atoms with E-state index in [2.05, 4.69) is 23.8 Å². The Bertz CT molecular complexity index is 963. The number of hydrogen-bond acceptors (Lipinski definition) is 3. The Morgan fingerprint density at radius 1 is 1.03 bits per heavy atom. The summed E-state index contributed by atoms with van der Waals surface area (Å²) in [5.41, 5.74) is 1.86. The van der Waals surface area contributed by atoms with Crippen LogP contribution in [0.3, 0.4) is 0 Å². The van der Waals surface area contributed by atoms with Crippen molar-refractivity contribution in [1.82, 2.24) is 9.97 Å². The first-order chi connectivity index (χ1) is 14.3. The van der Waals surface area contributed by atoms with Gasteiger partial charge in [0.25, 0.3) is 6.43 Å². The maximum absolute atomic E-state index is 13.7. The molecule has 162 valence electrons. The van der Waals surface area contributed by atoms with E-state index in [0.717, 1.165) is 17.4 Å². The Hall–Kier alpha value is -2.27. The van der Waals surface area contributed by atoms with E-state index in [1.165, 1.54) is 6.07 Å². The summed E-state index contributed by atoms with van der Waals surface area (Å²) >= 11 is 6.03. The molecule has 2 aromatic heterocycles. The van der Waals surface area contributed by atoms with Crippen molar-refractivity contribution in [2.24, 2.45) is 11.8 Å². The van der Waals surface area contributed by atoms with Gasteiger partial charge in [-0.15, -0.1) is 0 Å². The molecular formula is C24H29ClF2N2O. The van der Waals surface area contributed by atoms with Gasteiger partial charge >= 0.3 is 0 Å². The third-order valence-corrected chi connectivity index (χ3v) is 4.74. The minimum atomic E-state index is -2.68. The van der Waals surface area contributed by atoms with Crippen LogP contribution in [0.5, 0.6) is 5.88 Å². The number of hydrogen-bond donors (Lipinski definition) is 0. The minimum absolute atomic E-state index is 0.00392. The molecule has 30 heavy (non-hydrogen) atoms. The second kappa shape index (κ2) is 11.2. The maximum atomic E-state index is 13.7. The molecule has 3 nitrogen and oxygen atoms in total. The summed E-state index contributed by atoms with van der Waals surface area (Å²) in [6, 6.07) is 8.57. The standard InChI is InChI=1S/C22H23ClF2N2O.C2H6/c1-13(2)8-14(3)12-28-22-19(21(24)25)9-15(11-27-22)17-6-7-26-20-10-16(23)4-5-18(17)20;1-2/h4-7,9-11,13-14,21H,8,12H2,1-3H3;1-2H3. The van der Waals surface area contributed by atoms with Crippen molar-refractivity contribution in [3.05, 3.63) is 53.3 Å². The summed E-state index contributed by atoms with van der Waals surface area (Å²) in [6.45, 7) is 10.7. The highest BCUT2D eigenvalue weighted by molar-refractivity contribution is 6.31. The molecule has 0 N–H and O–H groups in total. The van der Waals surface area contributed by atoms with Crippen molar-refractivity contribution in [1.29, 1.82) is 0 Å². The minimum Gasteiger partial charge on any atom is -0.477 e. The number of alkyl halides is 2. The third-order valence-electron chi connectivity index (χ3n) is 4.51. The van der Waals surface area contributed by atoms with Gasteiger partial charge in [0, 0.05) is 28.4 Å². The summed E-state index contributed by atoms with van der Waals surface area (Å²) < 4.78 is 33.0. The van der Waals surface area contributed by atoms with E-state index in [1.807, 2.05) is 26.8 Å². The fourth-order valence-corrected chi connectivity index (χ4v) is 3.53. The number of ether oxygens (including phenoxy) is 1. The molecule has 0 amide bonds. The van der Waals surface area contributed by atoms with Crippen LogP contribution in [0.25, 0.3) is 22.0 Å². The second-order valence-corrected chi connectivity index (χ2v) is 7.92. The SMILES string of the molecule is CC.CC(C)CC(C)COc1ncc(-c2ccnc3cc(Cl)ccc23)cc1C(F)F. The molecule has 1 aromatic carbocycles. The first-order valence-corrected chi connectivity index (χ1v) is 10.7. The van der Waals surface area contributed by atoms with Crippen LogP contribution in [0.15, 0.2) is 42.7 Å². The molecule has 0 saturated carbocycles. The number of nitrogens with zero attached hydrogens (tertiary/aromatic N) is 2. The number of fused-ring (bicyclic) bond motifs is 1. The van der Waals surface area contributed by atoms with E-state index < -0.39 is 6.43 Å². The van der Waals surface area contributed by atoms with Crippen LogP contribution in [-0.2, 0) is 0 Å². The summed E-state index contributed by atoms with van der Waals surface area (Å²) in [5, 5.41) is 1.40. The van der Waals surface area contributed by atoms with E-state index in [4.69, 9.17) is 16.3 Å². The molecule has 1 unspecified atom stereocenters. The molecule has 0 aliphatic carbocycles. The van der Waals surface area contributed by atoms with E-state index in [0.29, 0.717) is 28.6 Å².